The number of carbonyl (C=O) groups excluding carboxylic acids is 1. The number of ether oxygens (including phenoxy) is 2. The van der Waals surface area contributed by atoms with E-state index in [0.717, 1.165) is 6.29 Å². The predicted octanol–water partition coefficient (Wildman–Crippen LogP) is -0.378. The number of hydrogen-bond donors (Lipinski definition) is 5. The Hall–Kier alpha value is -1.69. The fraction of sp³-hybridized carbons (Fsp3) is 0.529. The lowest BCUT2D eigenvalue weighted by Crippen LogP contribution is -2.32. The van der Waals surface area contributed by atoms with E-state index in [4.69, 9.17) is 24.8 Å². The molecule has 4 atom stereocenters. The number of benzene rings is 1. The number of aliphatic imine (C=N–C) groups is 1. The molecule has 10 heteroatoms. The van der Waals surface area contributed by atoms with E-state index in [9.17, 15) is 15.0 Å². The minimum absolute atomic E-state index is 0.00628. The van der Waals surface area contributed by atoms with Gasteiger partial charge in [-0.15, -0.1) is 11.8 Å². The third-order valence-corrected chi connectivity index (χ3v) is 4.99. The largest absolute Gasteiger partial charge is 0.508 e. The van der Waals surface area contributed by atoms with E-state index in [1.807, 2.05) is 0 Å². The van der Waals surface area contributed by atoms with E-state index in [1.165, 1.54) is 23.9 Å². The van der Waals surface area contributed by atoms with Crippen molar-refractivity contribution in [2.24, 2.45) is 4.99 Å². The van der Waals surface area contributed by atoms with Gasteiger partial charge in [0.05, 0.1) is 13.2 Å². The van der Waals surface area contributed by atoms with Crippen LogP contribution in [0.25, 0.3) is 0 Å². The minimum Gasteiger partial charge on any atom is -0.508 e. The Morgan fingerprint density at radius 1 is 1.44 bits per heavy atom. The molecule has 0 aromatic heterocycles. The maximum Gasteiger partial charge on any atom is 0.219 e. The summed E-state index contributed by atoms with van der Waals surface area (Å²) < 4.78 is 9.85. The van der Waals surface area contributed by atoms with Crippen LogP contribution in [0.2, 0.25) is 0 Å². The quantitative estimate of drug-likeness (QED) is 0.304. The van der Waals surface area contributed by atoms with Crippen LogP contribution in [0.15, 0.2) is 23.2 Å². The second kappa shape index (κ2) is 9.49. The summed E-state index contributed by atoms with van der Waals surface area (Å²) in [4.78, 5) is 14.6. The lowest BCUT2D eigenvalue weighted by Gasteiger charge is -2.11. The number of carbonyl (C=O) groups is 1. The summed E-state index contributed by atoms with van der Waals surface area (Å²) in [6, 6.07) is 4.00. The summed E-state index contributed by atoms with van der Waals surface area (Å²) in [7, 11) is 0. The van der Waals surface area contributed by atoms with Crippen molar-refractivity contribution in [2.45, 2.75) is 31.0 Å². The number of nitrogens with zero attached hydrogens (tertiary/aromatic N) is 1. The Kier molecular flexibility index (Phi) is 7.59. The number of aliphatic hydroxyl groups excluding tert-OH is 2. The SMILES string of the molecule is CCOC(CO)C1OC1(O)CO.O=CC1CSC(c2ccc(O)cc2O)=N1. The molecular weight excluding hydrogens is 378 g/mol. The molecular formula is C17H23NO8S. The molecule has 9 nitrogen and oxygen atoms in total. The number of aromatic hydroxyl groups is 2. The van der Waals surface area contributed by atoms with Gasteiger partial charge in [0.1, 0.15) is 41.1 Å². The molecule has 5 N–H and O–H groups in total. The van der Waals surface area contributed by atoms with Gasteiger partial charge >= 0.3 is 0 Å². The lowest BCUT2D eigenvalue weighted by atomic mass is 10.2. The van der Waals surface area contributed by atoms with Gasteiger partial charge in [0.2, 0.25) is 5.79 Å². The zero-order valence-electron chi connectivity index (χ0n) is 14.7. The highest BCUT2D eigenvalue weighted by Gasteiger charge is 2.59. The predicted molar refractivity (Wildman–Crippen MR) is 98.0 cm³/mol. The molecule has 4 unspecified atom stereocenters. The number of phenolic OH excluding ortho intramolecular Hbond substituents is 2. The molecule has 0 aliphatic carbocycles. The van der Waals surface area contributed by atoms with Crippen LogP contribution in [-0.2, 0) is 14.3 Å². The van der Waals surface area contributed by atoms with Crippen molar-refractivity contribution in [3.63, 3.8) is 0 Å². The number of aliphatic hydroxyl groups is 3. The van der Waals surface area contributed by atoms with Gasteiger partial charge in [0.15, 0.2) is 0 Å². The number of thioether (sulfide) groups is 1. The highest BCUT2D eigenvalue weighted by atomic mass is 32.2. The average molecular weight is 401 g/mol. The molecule has 150 valence electrons. The minimum atomic E-state index is -1.50. The zero-order chi connectivity index (χ0) is 20.0. The van der Waals surface area contributed by atoms with Gasteiger partial charge in [-0.3, -0.25) is 4.99 Å². The van der Waals surface area contributed by atoms with Crippen LogP contribution in [0.3, 0.4) is 0 Å². The molecule has 0 amide bonds. The van der Waals surface area contributed by atoms with Crippen LogP contribution < -0.4 is 0 Å². The number of phenols is 2. The average Bonchev–Trinajstić information content (AvgIpc) is 3.11. The first-order chi connectivity index (χ1) is 12.9. The molecule has 27 heavy (non-hydrogen) atoms. The number of hydrogen-bond acceptors (Lipinski definition) is 10. The molecule has 1 saturated heterocycles. The van der Waals surface area contributed by atoms with Crippen molar-refractivity contribution < 1.29 is 39.8 Å². The van der Waals surface area contributed by atoms with Crippen molar-refractivity contribution in [1.29, 1.82) is 0 Å². The molecule has 2 aliphatic rings. The fourth-order valence-electron chi connectivity index (χ4n) is 2.44. The molecule has 1 aromatic carbocycles. The fourth-order valence-corrected chi connectivity index (χ4v) is 3.46. The Morgan fingerprint density at radius 3 is 2.67 bits per heavy atom. The van der Waals surface area contributed by atoms with Gasteiger partial charge in [-0.25, -0.2) is 0 Å². The summed E-state index contributed by atoms with van der Waals surface area (Å²) in [6.45, 7) is 1.53. The van der Waals surface area contributed by atoms with Gasteiger partial charge in [-0.05, 0) is 19.1 Å². The van der Waals surface area contributed by atoms with Gasteiger partial charge in [-0.1, -0.05) is 0 Å². The van der Waals surface area contributed by atoms with Crippen molar-refractivity contribution in [1.82, 2.24) is 0 Å². The van der Waals surface area contributed by atoms with Gasteiger partial charge in [-0.2, -0.15) is 0 Å². The van der Waals surface area contributed by atoms with Gasteiger partial charge < -0.3 is 39.8 Å². The molecule has 0 spiro atoms. The third-order valence-electron chi connectivity index (χ3n) is 3.89. The first-order valence-electron chi connectivity index (χ1n) is 8.30. The van der Waals surface area contributed by atoms with E-state index in [0.29, 0.717) is 23.0 Å². The highest BCUT2D eigenvalue weighted by Crippen LogP contribution is 2.36. The van der Waals surface area contributed by atoms with Crippen LogP contribution in [0, 0.1) is 0 Å². The summed E-state index contributed by atoms with van der Waals surface area (Å²) in [6.07, 6.45) is -0.364. The second-order valence-electron chi connectivity index (χ2n) is 5.87. The molecule has 2 heterocycles. The second-order valence-corrected chi connectivity index (χ2v) is 6.88. The maximum absolute atomic E-state index is 10.5. The topological polar surface area (TPSA) is 152 Å². The smallest absolute Gasteiger partial charge is 0.219 e. The standard InChI is InChI=1S/C10H9NO3S.C7H14O5/c12-4-6-5-15-10(11-6)8-2-1-7(13)3-9(8)14;1-2-11-5(3-8)6-7(10,4-9)12-6/h1-4,6,13-14H,5H2;5-6,8-10H,2-4H2,1H3. The van der Waals surface area contributed by atoms with Crippen LogP contribution in [0.4, 0.5) is 0 Å². The van der Waals surface area contributed by atoms with E-state index < -0.39 is 24.6 Å². The van der Waals surface area contributed by atoms with Crippen LogP contribution >= 0.6 is 11.8 Å². The van der Waals surface area contributed by atoms with E-state index >= 15 is 0 Å². The molecule has 0 radical (unpaired) electrons. The highest BCUT2D eigenvalue weighted by molar-refractivity contribution is 8.14. The molecule has 3 rings (SSSR count). The number of rotatable bonds is 7. The summed E-state index contributed by atoms with van der Waals surface area (Å²) in [5.74, 6) is -0.901. The molecule has 1 aromatic rings. The zero-order valence-corrected chi connectivity index (χ0v) is 15.5. The molecule has 0 saturated carbocycles. The van der Waals surface area contributed by atoms with Crippen LogP contribution in [-0.4, -0.2) is 86.5 Å². The third kappa shape index (κ3) is 5.41. The maximum atomic E-state index is 10.5. The molecule has 0 bridgehead atoms. The van der Waals surface area contributed by atoms with E-state index in [-0.39, 0.29) is 24.1 Å². The Labute approximate surface area is 160 Å². The van der Waals surface area contributed by atoms with E-state index in [1.54, 1.807) is 13.0 Å². The van der Waals surface area contributed by atoms with Crippen molar-refractivity contribution in [3.8, 4) is 11.5 Å². The summed E-state index contributed by atoms with van der Waals surface area (Å²) in [5, 5.41) is 46.0. The Bertz CT molecular complexity index is 683. The Balaban J connectivity index is 0.000000199. The van der Waals surface area contributed by atoms with Crippen molar-refractivity contribution in [2.75, 3.05) is 25.6 Å². The summed E-state index contributed by atoms with van der Waals surface area (Å²) in [5.41, 5.74) is 0.558. The van der Waals surface area contributed by atoms with Crippen molar-refractivity contribution >= 4 is 23.1 Å². The summed E-state index contributed by atoms with van der Waals surface area (Å²) >= 11 is 1.43. The Morgan fingerprint density at radius 2 is 2.19 bits per heavy atom. The van der Waals surface area contributed by atoms with E-state index in [2.05, 4.69) is 4.99 Å². The first kappa shape index (κ1) is 21.6. The normalized spacial score (nSPS) is 27.3. The van der Waals surface area contributed by atoms with Crippen LogP contribution in [0.5, 0.6) is 11.5 Å². The van der Waals surface area contributed by atoms with Gasteiger partial charge in [0.25, 0.3) is 0 Å². The monoisotopic (exact) mass is 401 g/mol. The number of epoxide rings is 1. The number of aldehydes is 1. The van der Waals surface area contributed by atoms with Crippen LogP contribution in [0.1, 0.15) is 12.5 Å². The van der Waals surface area contributed by atoms with Gasteiger partial charge in [0, 0.05) is 24.0 Å². The lowest BCUT2D eigenvalue weighted by molar-refractivity contribution is -0.108. The van der Waals surface area contributed by atoms with Crippen molar-refractivity contribution in [3.05, 3.63) is 23.8 Å². The molecule has 1 fully saturated rings. The molecule has 2 aliphatic heterocycles. The first-order valence-corrected chi connectivity index (χ1v) is 9.28.